The van der Waals surface area contributed by atoms with E-state index in [1.165, 1.54) is 16.2 Å². The number of nitrogens with zero attached hydrogens (tertiary/aromatic N) is 3. The first-order valence-electron chi connectivity index (χ1n) is 9.66. The SMILES string of the molecule is Cc1ccsc1[C@@H](C(=O)NCc1ccccc1)N(C(=O)c1csnn1)c1ccccc1. The number of carbonyl (C=O) groups excluding carboxylic acids is 2. The van der Waals surface area contributed by atoms with Crippen LogP contribution in [0.15, 0.2) is 77.5 Å². The quantitative estimate of drug-likeness (QED) is 0.448. The first-order valence-corrected chi connectivity index (χ1v) is 11.4. The number of nitrogens with one attached hydrogen (secondary N) is 1. The molecule has 2 amide bonds. The summed E-state index contributed by atoms with van der Waals surface area (Å²) in [7, 11) is 0. The highest BCUT2D eigenvalue weighted by Crippen LogP contribution is 2.34. The number of carbonyl (C=O) groups is 2. The molecule has 1 N–H and O–H groups in total. The molecule has 2 aromatic carbocycles. The molecule has 6 nitrogen and oxygen atoms in total. The minimum absolute atomic E-state index is 0.212. The Morgan fingerprint density at radius 3 is 2.35 bits per heavy atom. The molecule has 4 rings (SSSR count). The highest BCUT2D eigenvalue weighted by molar-refractivity contribution is 7.10. The average molecular weight is 449 g/mol. The van der Waals surface area contributed by atoms with Crippen LogP contribution in [0.2, 0.25) is 0 Å². The predicted octanol–water partition coefficient (Wildman–Crippen LogP) is 4.61. The monoisotopic (exact) mass is 448 g/mol. The standard InChI is InChI=1S/C23H20N4O2S2/c1-16-12-13-30-21(16)20(22(28)24-14-17-8-4-2-5-9-17)27(18-10-6-3-7-11-18)23(29)19-15-31-26-25-19/h2-13,15,20H,14H2,1H3,(H,24,28)/t20-/m0/s1. The number of hydrogen-bond acceptors (Lipinski definition) is 6. The van der Waals surface area contributed by atoms with Crippen LogP contribution in [-0.4, -0.2) is 21.4 Å². The molecule has 0 saturated heterocycles. The Hall–Kier alpha value is -3.36. The molecule has 0 aliphatic carbocycles. The van der Waals surface area contributed by atoms with Crippen LogP contribution in [0, 0.1) is 6.92 Å². The molecule has 0 aliphatic rings. The number of thiophene rings is 1. The summed E-state index contributed by atoms with van der Waals surface area (Å²) in [5.41, 5.74) is 2.77. The number of rotatable bonds is 7. The zero-order chi connectivity index (χ0) is 21.6. The molecule has 4 aromatic rings. The first-order chi connectivity index (χ1) is 15.1. The second-order valence-corrected chi connectivity index (χ2v) is 8.43. The normalized spacial score (nSPS) is 11.6. The fourth-order valence-electron chi connectivity index (χ4n) is 3.25. The zero-order valence-electron chi connectivity index (χ0n) is 16.8. The maximum atomic E-state index is 13.5. The summed E-state index contributed by atoms with van der Waals surface area (Å²) in [4.78, 5) is 29.3. The average Bonchev–Trinajstić information content (AvgIpc) is 3.49. The lowest BCUT2D eigenvalue weighted by molar-refractivity contribution is -0.122. The highest BCUT2D eigenvalue weighted by atomic mass is 32.1. The van der Waals surface area contributed by atoms with Gasteiger partial charge in [0.15, 0.2) is 11.7 Å². The van der Waals surface area contributed by atoms with Gasteiger partial charge in [-0.2, -0.15) is 0 Å². The van der Waals surface area contributed by atoms with Gasteiger partial charge < -0.3 is 5.32 Å². The Morgan fingerprint density at radius 1 is 1.03 bits per heavy atom. The van der Waals surface area contributed by atoms with Crippen molar-refractivity contribution in [1.82, 2.24) is 14.9 Å². The predicted molar refractivity (Wildman–Crippen MR) is 123 cm³/mol. The minimum Gasteiger partial charge on any atom is -0.350 e. The lowest BCUT2D eigenvalue weighted by Crippen LogP contribution is -2.44. The van der Waals surface area contributed by atoms with Gasteiger partial charge >= 0.3 is 0 Å². The molecule has 2 heterocycles. The van der Waals surface area contributed by atoms with Crippen LogP contribution in [0.3, 0.4) is 0 Å². The summed E-state index contributed by atoms with van der Waals surface area (Å²) >= 11 is 2.56. The van der Waals surface area contributed by atoms with Crippen molar-refractivity contribution in [2.45, 2.75) is 19.5 Å². The molecule has 2 aromatic heterocycles. The zero-order valence-corrected chi connectivity index (χ0v) is 18.4. The van der Waals surface area contributed by atoms with Crippen molar-refractivity contribution in [3.05, 3.63) is 99.2 Å². The van der Waals surface area contributed by atoms with Crippen LogP contribution >= 0.6 is 22.9 Å². The van der Waals surface area contributed by atoms with Gasteiger partial charge in [-0.25, -0.2) is 0 Å². The van der Waals surface area contributed by atoms with Crippen molar-refractivity contribution in [2.75, 3.05) is 4.90 Å². The van der Waals surface area contributed by atoms with Gasteiger partial charge in [0.05, 0.1) is 0 Å². The third-order valence-corrected chi connectivity index (χ3v) is 6.37. The number of amides is 2. The van der Waals surface area contributed by atoms with Crippen molar-refractivity contribution in [3.63, 3.8) is 0 Å². The van der Waals surface area contributed by atoms with Crippen molar-refractivity contribution < 1.29 is 9.59 Å². The maximum Gasteiger partial charge on any atom is 0.280 e. The van der Waals surface area contributed by atoms with E-state index in [4.69, 9.17) is 0 Å². The lowest BCUT2D eigenvalue weighted by atomic mass is 10.1. The molecule has 0 saturated carbocycles. The van der Waals surface area contributed by atoms with Crippen LogP contribution in [0.1, 0.15) is 32.5 Å². The van der Waals surface area contributed by atoms with Gasteiger partial charge in [0.2, 0.25) is 5.91 Å². The smallest absolute Gasteiger partial charge is 0.280 e. The van der Waals surface area contributed by atoms with Crippen LogP contribution < -0.4 is 10.2 Å². The maximum absolute atomic E-state index is 13.5. The molecule has 0 aliphatic heterocycles. The second kappa shape index (κ2) is 9.63. The second-order valence-electron chi connectivity index (χ2n) is 6.87. The third-order valence-electron chi connectivity index (χ3n) is 4.80. The highest BCUT2D eigenvalue weighted by Gasteiger charge is 2.35. The fourth-order valence-corrected chi connectivity index (χ4v) is 4.70. The number of para-hydroxylation sites is 1. The number of anilines is 1. The van der Waals surface area contributed by atoms with Crippen LogP contribution in [0.25, 0.3) is 0 Å². The largest absolute Gasteiger partial charge is 0.350 e. The Labute approximate surface area is 188 Å². The molecular formula is C23H20N4O2S2. The molecule has 1 atom stereocenters. The molecule has 0 radical (unpaired) electrons. The Kier molecular flexibility index (Phi) is 6.49. The molecule has 0 unspecified atom stereocenters. The van der Waals surface area contributed by atoms with Gasteiger partial charge in [0, 0.05) is 22.5 Å². The molecule has 8 heteroatoms. The minimum atomic E-state index is -0.833. The molecule has 0 fully saturated rings. The topological polar surface area (TPSA) is 75.2 Å². The van der Waals surface area contributed by atoms with Gasteiger partial charge in [-0.1, -0.05) is 53.0 Å². The Morgan fingerprint density at radius 2 is 1.74 bits per heavy atom. The number of aryl methyl sites for hydroxylation is 1. The van der Waals surface area contributed by atoms with Crippen molar-refractivity contribution in [1.29, 1.82) is 0 Å². The van der Waals surface area contributed by atoms with Gasteiger partial charge in [0.1, 0.15) is 0 Å². The summed E-state index contributed by atoms with van der Waals surface area (Å²) in [5, 5.41) is 10.5. The van der Waals surface area contributed by atoms with Crippen LogP contribution in [0.4, 0.5) is 5.69 Å². The summed E-state index contributed by atoms with van der Waals surface area (Å²) in [5.74, 6) is -0.623. The van der Waals surface area contributed by atoms with E-state index in [9.17, 15) is 9.59 Å². The summed E-state index contributed by atoms with van der Waals surface area (Å²) in [6.07, 6.45) is 0. The van der Waals surface area contributed by atoms with Crippen molar-refractivity contribution >= 4 is 40.4 Å². The van der Waals surface area contributed by atoms with Gasteiger partial charge in [-0.05, 0) is 53.2 Å². The summed E-state index contributed by atoms with van der Waals surface area (Å²) < 4.78 is 3.83. The molecule has 31 heavy (non-hydrogen) atoms. The van der Waals surface area contributed by atoms with Gasteiger partial charge in [0.25, 0.3) is 5.91 Å². The van der Waals surface area contributed by atoms with E-state index in [-0.39, 0.29) is 17.5 Å². The van der Waals surface area contributed by atoms with E-state index in [2.05, 4.69) is 14.9 Å². The summed E-state index contributed by atoms with van der Waals surface area (Å²) in [6.45, 7) is 2.32. The van der Waals surface area contributed by atoms with E-state index < -0.39 is 6.04 Å². The number of benzene rings is 2. The van der Waals surface area contributed by atoms with Crippen molar-refractivity contribution in [2.24, 2.45) is 0 Å². The van der Waals surface area contributed by atoms with E-state index in [1.54, 1.807) is 5.38 Å². The van der Waals surface area contributed by atoms with Crippen molar-refractivity contribution in [3.8, 4) is 0 Å². The van der Waals surface area contributed by atoms with Crippen LogP contribution in [-0.2, 0) is 11.3 Å². The van der Waals surface area contributed by atoms with Crippen LogP contribution in [0.5, 0.6) is 0 Å². The number of hydrogen-bond donors (Lipinski definition) is 1. The third kappa shape index (κ3) is 4.70. The first kappa shape index (κ1) is 20.9. The molecule has 0 spiro atoms. The molecule has 156 valence electrons. The molecule has 0 bridgehead atoms. The lowest BCUT2D eigenvalue weighted by Gasteiger charge is -2.30. The van der Waals surface area contributed by atoms with Gasteiger partial charge in [-0.3, -0.25) is 14.5 Å². The Bertz CT molecular complexity index is 1140. The summed E-state index contributed by atoms with van der Waals surface area (Å²) in [6, 6.07) is 20.0. The Balaban J connectivity index is 1.74. The van der Waals surface area contributed by atoms with E-state index >= 15 is 0 Å². The van der Waals surface area contributed by atoms with E-state index in [1.807, 2.05) is 79.0 Å². The fraction of sp³-hybridized carbons (Fsp3) is 0.130. The molecular weight excluding hydrogens is 428 g/mol. The van der Waals surface area contributed by atoms with E-state index in [0.29, 0.717) is 12.2 Å². The van der Waals surface area contributed by atoms with Gasteiger partial charge in [-0.15, -0.1) is 16.4 Å². The van der Waals surface area contributed by atoms with E-state index in [0.717, 1.165) is 27.5 Å². The number of aromatic nitrogens is 2.